The Morgan fingerprint density at radius 1 is 1.43 bits per heavy atom. The second kappa shape index (κ2) is 7.90. The summed E-state index contributed by atoms with van der Waals surface area (Å²) in [6.07, 6.45) is 0.247. The van der Waals surface area contributed by atoms with Crippen LogP contribution in [0.2, 0.25) is 0 Å². The van der Waals surface area contributed by atoms with E-state index in [4.69, 9.17) is 14.7 Å². The van der Waals surface area contributed by atoms with Gasteiger partial charge >= 0.3 is 5.97 Å². The Bertz CT molecular complexity index is 563. The number of esters is 1. The van der Waals surface area contributed by atoms with Crippen molar-refractivity contribution in [2.24, 2.45) is 0 Å². The Hall–Kier alpha value is -2.55. The van der Waals surface area contributed by atoms with Crippen LogP contribution in [-0.4, -0.2) is 31.6 Å². The molecule has 1 unspecified atom stereocenters. The summed E-state index contributed by atoms with van der Waals surface area (Å²) in [6, 6.07) is 6.28. The maximum atomic E-state index is 11.8. The van der Waals surface area contributed by atoms with E-state index in [2.05, 4.69) is 5.32 Å². The molecule has 1 aromatic rings. The van der Waals surface area contributed by atoms with E-state index in [-0.39, 0.29) is 18.9 Å². The fourth-order valence-corrected chi connectivity index (χ4v) is 1.89. The van der Waals surface area contributed by atoms with Gasteiger partial charge in [0.1, 0.15) is 17.9 Å². The maximum Gasteiger partial charge on any atom is 0.328 e. The Morgan fingerprint density at radius 3 is 2.67 bits per heavy atom. The molecule has 0 saturated heterocycles. The molecule has 0 spiro atoms. The van der Waals surface area contributed by atoms with Gasteiger partial charge < -0.3 is 14.8 Å². The normalized spacial score (nSPS) is 11.1. The van der Waals surface area contributed by atoms with Gasteiger partial charge in [-0.2, -0.15) is 5.26 Å². The van der Waals surface area contributed by atoms with Crippen LogP contribution in [0, 0.1) is 11.3 Å². The fraction of sp³-hybridized carbons (Fsp3) is 0.400. The molecular weight excluding hydrogens is 272 g/mol. The summed E-state index contributed by atoms with van der Waals surface area (Å²) in [7, 11) is 1.48. The number of hydrogen-bond acceptors (Lipinski definition) is 5. The molecular formula is C15H18N2O4. The van der Waals surface area contributed by atoms with E-state index in [0.29, 0.717) is 11.3 Å². The van der Waals surface area contributed by atoms with Crippen LogP contribution in [0.15, 0.2) is 18.2 Å². The lowest BCUT2D eigenvalue weighted by molar-refractivity contribution is -0.147. The molecule has 1 rings (SSSR count). The number of nitriles is 1. The minimum absolute atomic E-state index is 0.237. The van der Waals surface area contributed by atoms with E-state index in [9.17, 15) is 9.59 Å². The number of amides is 1. The van der Waals surface area contributed by atoms with Crippen molar-refractivity contribution in [1.82, 2.24) is 5.32 Å². The molecule has 1 amide bonds. The first-order valence-electron chi connectivity index (χ1n) is 6.52. The van der Waals surface area contributed by atoms with Crippen molar-refractivity contribution >= 4 is 11.9 Å². The van der Waals surface area contributed by atoms with Gasteiger partial charge in [0.05, 0.1) is 19.3 Å². The quantitative estimate of drug-likeness (QED) is 0.795. The summed E-state index contributed by atoms with van der Waals surface area (Å²) in [5, 5.41) is 11.6. The topological polar surface area (TPSA) is 88.4 Å². The van der Waals surface area contributed by atoms with Crippen molar-refractivity contribution in [2.45, 2.75) is 26.3 Å². The van der Waals surface area contributed by atoms with Gasteiger partial charge in [-0.05, 0) is 24.6 Å². The first-order valence-corrected chi connectivity index (χ1v) is 6.52. The lowest BCUT2D eigenvalue weighted by atomic mass is 10.0. The van der Waals surface area contributed by atoms with Crippen LogP contribution in [0.25, 0.3) is 0 Å². The zero-order valence-electron chi connectivity index (χ0n) is 12.3. The minimum Gasteiger partial charge on any atom is -0.495 e. The minimum atomic E-state index is -0.776. The third kappa shape index (κ3) is 4.80. The molecule has 1 atom stereocenters. The van der Waals surface area contributed by atoms with Crippen LogP contribution in [0.3, 0.4) is 0 Å². The molecule has 6 heteroatoms. The maximum absolute atomic E-state index is 11.8. The van der Waals surface area contributed by atoms with Crippen LogP contribution in [-0.2, 0) is 20.7 Å². The summed E-state index contributed by atoms with van der Waals surface area (Å²) in [5.41, 5.74) is 1.11. The number of carbonyl (C=O) groups is 2. The number of rotatable bonds is 6. The average Bonchev–Trinajstić information content (AvgIpc) is 2.46. The smallest absolute Gasteiger partial charge is 0.328 e. The summed E-state index contributed by atoms with van der Waals surface area (Å²) in [6.45, 7) is 3.27. The highest BCUT2D eigenvalue weighted by Gasteiger charge is 2.21. The molecule has 0 aliphatic carbocycles. The zero-order chi connectivity index (χ0) is 15.8. The van der Waals surface area contributed by atoms with E-state index < -0.39 is 12.0 Å². The Morgan fingerprint density at radius 2 is 2.14 bits per heavy atom. The largest absolute Gasteiger partial charge is 0.495 e. The molecule has 1 N–H and O–H groups in total. The molecule has 0 aliphatic heterocycles. The molecule has 0 radical (unpaired) electrons. The molecule has 6 nitrogen and oxygen atoms in total. The molecule has 0 saturated carbocycles. The van der Waals surface area contributed by atoms with Gasteiger partial charge in [-0.25, -0.2) is 4.79 Å². The third-order valence-electron chi connectivity index (χ3n) is 2.77. The van der Waals surface area contributed by atoms with Crippen LogP contribution >= 0.6 is 0 Å². The van der Waals surface area contributed by atoms with Crippen molar-refractivity contribution in [3.05, 3.63) is 29.3 Å². The van der Waals surface area contributed by atoms with E-state index in [1.54, 1.807) is 25.1 Å². The van der Waals surface area contributed by atoms with E-state index in [0.717, 1.165) is 5.56 Å². The van der Waals surface area contributed by atoms with Gasteiger partial charge in [0.15, 0.2) is 0 Å². The summed E-state index contributed by atoms with van der Waals surface area (Å²) < 4.78 is 10.00. The SMILES string of the molecule is CCOC(=O)C(Cc1ccc(OC)c(C#N)c1)NC(C)=O. The van der Waals surface area contributed by atoms with Crippen LogP contribution < -0.4 is 10.1 Å². The molecule has 112 valence electrons. The van der Waals surface area contributed by atoms with Gasteiger partial charge in [-0.3, -0.25) is 4.79 Å². The Balaban J connectivity index is 2.95. The van der Waals surface area contributed by atoms with Crippen LogP contribution in [0.4, 0.5) is 0 Å². The molecule has 1 aromatic carbocycles. The van der Waals surface area contributed by atoms with Crippen molar-refractivity contribution in [3.63, 3.8) is 0 Å². The van der Waals surface area contributed by atoms with Crippen molar-refractivity contribution in [1.29, 1.82) is 5.26 Å². The lowest BCUT2D eigenvalue weighted by Crippen LogP contribution is -2.42. The average molecular weight is 290 g/mol. The van der Waals surface area contributed by atoms with Crippen molar-refractivity contribution < 1.29 is 19.1 Å². The second-order valence-corrected chi connectivity index (χ2v) is 4.36. The molecule has 0 heterocycles. The lowest BCUT2D eigenvalue weighted by Gasteiger charge is -2.16. The number of hydrogen-bond donors (Lipinski definition) is 1. The number of ether oxygens (including phenoxy) is 2. The predicted octanol–water partition coefficient (Wildman–Crippen LogP) is 1.18. The van der Waals surface area contributed by atoms with Crippen molar-refractivity contribution in [3.8, 4) is 11.8 Å². The fourth-order valence-electron chi connectivity index (χ4n) is 1.89. The predicted molar refractivity (Wildman–Crippen MR) is 75.7 cm³/mol. The highest BCUT2D eigenvalue weighted by molar-refractivity contribution is 5.83. The zero-order valence-corrected chi connectivity index (χ0v) is 12.3. The molecule has 0 aromatic heterocycles. The molecule has 0 aliphatic rings. The Labute approximate surface area is 123 Å². The number of benzene rings is 1. The van der Waals surface area contributed by atoms with Gasteiger partial charge in [0.2, 0.25) is 5.91 Å². The summed E-state index contributed by atoms with van der Waals surface area (Å²) in [5.74, 6) is -0.349. The standard InChI is InChI=1S/C15H18N2O4/c1-4-21-15(19)13(17-10(2)18)8-11-5-6-14(20-3)12(7-11)9-16/h5-7,13H,4,8H2,1-3H3,(H,17,18). The summed E-state index contributed by atoms with van der Waals surface area (Å²) in [4.78, 5) is 23.0. The van der Waals surface area contributed by atoms with Gasteiger partial charge in [-0.15, -0.1) is 0 Å². The third-order valence-corrected chi connectivity index (χ3v) is 2.77. The number of nitrogens with one attached hydrogen (secondary N) is 1. The van der Waals surface area contributed by atoms with Crippen molar-refractivity contribution in [2.75, 3.05) is 13.7 Å². The number of nitrogens with zero attached hydrogens (tertiary/aromatic N) is 1. The number of methoxy groups -OCH3 is 1. The highest BCUT2D eigenvalue weighted by atomic mass is 16.5. The first kappa shape index (κ1) is 16.5. The second-order valence-electron chi connectivity index (χ2n) is 4.36. The van der Waals surface area contributed by atoms with Crippen LogP contribution in [0.1, 0.15) is 25.0 Å². The van der Waals surface area contributed by atoms with E-state index >= 15 is 0 Å². The number of carbonyl (C=O) groups excluding carboxylic acids is 2. The highest BCUT2D eigenvalue weighted by Crippen LogP contribution is 2.19. The Kier molecular flexibility index (Phi) is 6.21. The molecule has 0 bridgehead atoms. The summed E-state index contributed by atoms with van der Waals surface area (Å²) >= 11 is 0. The first-order chi connectivity index (χ1) is 10.0. The van der Waals surface area contributed by atoms with E-state index in [1.165, 1.54) is 14.0 Å². The molecule has 21 heavy (non-hydrogen) atoms. The van der Waals surface area contributed by atoms with Crippen LogP contribution in [0.5, 0.6) is 5.75 Å². The van der Waals surface area contributed by atoms with Gasteiger partial charge in [-0.1, -0.05) is 6.07 Å². The van der Waals surface area contributed by atoms with Gasteiger partial charge in [0.25, 0.3) is 0 Å². The van der Waals surface area contributed by atoms with E-state index in [1.807, 2.05) is 6.07 Å². The molecule has 0 fully saturated rings. The monoisotopic (exact) mass is 290 g/mol. The van der Waals surface area contributed by atoms with Gasteiger partial charge in [0, 0.05) is 13.3 Å².